The zero-order valence-corrected chi connectivity index (χ0v) is 16.2. The van der Waals surface area contributed by atoms with Crippen LogP contribution in [0.4, 0.5) is 5.69 Å². The molecule has 0 atom stereocenters. The van der Waals surface area contributed by atoms with E-state index < -0.39 is 22.0 Å². The van der Waals surface area contributed by atoms with Gasteiger partial charge < -0.3 is 14.6 Å². The van der Waals surface area contributed by atoms with Gasteiger partial charge in [-0.2, -0.15) is 0 Å². The molecule has 0 radical (unpaired) electrons. The topological polar surface area (TPSA) is 113 Å². The third-order valence-corrected chi connectivity index (χ3v) is 5.37. The number of hydrogen-bond donors (Lipinski definition) is 1. The molecule has 0 unspecified atom stereocenters. The van der Waals surface area contributed by atoms with Crippen molar-refractivity contribution in [2.45, 2.75) is 38.7 Å². The highest BCUT2D eigenvalue weighted by Gasteiger charge is 2.20. The largest absolute Gasteiger partial charge is 0.545 e. The van der Waals surface area contributed by atoms with Crippen molar-refractivity contribution in [2.24, 2.45) is 0 Å². The first-order valence-corrected chi connectivity index (χ1v) is 9.66. The fraction of sp³-hybridized carbons (Fsp3) is 0.263. The van der Waals surface area contributed by atoms with Gasteiger partial charge in [0.15, 0.2) is 0 Å². The van der Waals surface area contributed by atoms with Gasteiger partial charge in [0.2, 0.25) is 0 Å². The second kappa shape index (κ2) is 7.79. The van der Waals surface area contributed by atoms with Crippen molar-refractivity contribution in [3.05, 3.63) is 58.7 Å². The number of benzene rings is 2. The number of carbonyl (C=O) groups excluding carboxylic acids is 2. The molecule has 7 nitrogen and oxygen atoms in total. The SMILES string of the molecule is Cc1cc(C(=O)[O-])cc(S(=O)(=O)Nc2ccc(C(=O)OC(C)C)cc2)c1C. The van der Waals surface area contributed by atoms with Gasteiger partial charge in [0.05, 0.1) is 22.5 Å². The maximum Gasteiger partial charge on any atom is 0.338 e. The number of aromatic carboxylic acids is 1. The van der Waals surface area contributed by atoms with Crippen LogP contribution in [0.2, 0.25) is 0 Å². The smallest absolute Gasteiger partial charge is 0.338 e. The monoisotopic (exact) mass is 390 g/mol. The Hall–Kier alpha value is -2.87. The van der Waals surface area contributed by atoms with E-state index in [9.17, 15) is 23.1 Å². The zero-order chi connectivity index (χ0) is 20.4. The van der Waals surface area contributed by atoms with Gasteiger partial charge in [-0.25, -0.2) is 13.2 Å². The first-order chi connectivity index (χ1) is 12.5. The van der Waals surface area contributed by atoms with E-state index in [2.05, 4.69) is 4.72 Å². The number of aryl methyl sites for hydroxylation is 1. The van der Waals surface area contributed by atoms with Crippen molar-refractivity contribution in [3.63, 3.8) is 0 Å². The van der Waals surface area contributed by atoms with Crippen LogP contribution >= 0.6 is 0 Å². The molecule has 0 heterocycles. The third-order valence-electron chi connectivity index (χ3n) is 3.86. The summed E-state index contributed by atoms with van der Waals surface area (Å²) in [6.07, 6.45) is -0.266. The Kier molecular flexibility index (Phi) is 5.90. The molecule has 0 aliphatic carbocycles. The normalized spacial score (nSPS) is 11.3. The van der Waals surface area contributed by atoms with E-state index in [1.165, 1.54) is 30.3 Å². The first-order valence-electron chi connectivity index (χ1n) is 8.17. The van der Waals surface area contributed by atoms with E-state index in [0.29, 0.717) is 11.1 Å². The Balaban J connectivity index is 2.32. The predicted octanol–water partition coefficient (Wildman–Crippen LogP) is 2.03. The lowest BCUT2D eigenvalue weighted by Gasteiger charge is -2.15. The number of hydrogen-bond acceptors (Lipinski definition) is 6. The summed E-state index contributed by atoms with van der Waals surface area (Å²) in [6, 6.07) is 8.17. The van der Waals surface area contributed by atoms with Crippen LogP contribution < -0.4 is 9.83 Å². The summed E-state index contributed by atoms with van der Waals surface area (Å²) < 4.78 is 32.8. The second-order valence-corrected chi connectivity index (χ2v) is 7.99. The molecular weight excluding hydrogens is 370 g/mol. The summed E-state index contributed by atoms with van der Waals surface area (Å²) in [5, 5.41) is 11.1. The third kappa shape index (κ3) is 4.85. The number of esters is 1. The molecule has 0 saturated carbocycles. The standard InChI is InChI=1S/C19H21NO6S/c1-11(2)26-19(23)14-5-7-16(8-6-14)20-27(24,25)17-10-15(18(21)22)9-12(3)13(17)4/h5-11,20H,1-4H3,(H,21,22)/p-1. The maximum absolute atomic E-state index is 12.7. The molecule has 0 saturated heterocycles. The highest BCUT2D eigenvalue weighted by molar-refractivity contribution is 7.92. The lowest BCUT2D eigenvalue weighted by molar-refractivity contribution is -0.255. The molecule has 144 valence electrons. The summed E-state index contributed by atoms with van der Waals surface area (Å²) in [4.78, 5) is 22.8. The molecule has 27 heavy (non-hydrogen) atoms. The number of carbonyl (C=O) groups is 2. The van der Waals surface area contributed by atoms with Crippen molar-refractivity contribution >= 4 is 27.6 Å². The van der Waals surface area contributed by atoms with Crippen molar-refractivity contribution in [3.8, 4) is 0 Å². The van der Waals surface area contributed by atoms with Crippen LogP contribution in [0.15, 0.2) is 41.3 Å². The minimum Gasteiger partial charge on any atom is -0.545 e. The number of carboxylic acid groups (broad SMARTS) is 1. The van der Waals surface area contributed by atoms with Crippen molar-refractivity contribution < 1.29 is 27.9 Å². The van der Waals surface area contributed by atoms with E-state index in [0.717, 1.165) is 6.07 Å². The van der Waals surface area contributed by atoms with Crippen LogP contribution in [-0.4, -0.2) is 26.5 Å². The second-order valence-electron chi connectivity index (χ2n) is 6.34. The Labute approximate surface area is 158 Å². The van der Waals surface area contributed by atoms with Gasteiger partial charge in [-0.05, 0) is 80.8 Å². The predicted molar refractivity (Wildman–Crippen MR) is 98.0 cm³/mol. The van der Waals surface area contributed by atoms with Crippen LogP contribution in [0, 0.1) is 13.8 Å². The van der Waals surface area contributed by atoms with E-state index >= 15 is 0 Å². The minimum atomic E-state index is -4.03. The highest BCUT2D eigenvalue weighted by atomic mass is 32.2. The molecule has 2 rings (SSSR count). The van der Waals surface area contributed by atoms with Crippen LogP contribution in [0.1, 0.15) is 45.7 Å². The first kappa shape index (κ1) is 20.4. The number of anilines is 1. The fourth-order valence-electron chi connectivity index (χ4n) is 2.39. The molecule has 0 aliphatic rings. The average molecular weight is 390 g/mol. The summed E-state index contributed by atoms with van der Waals surface area (Å²) in [5.41, 5.74) is 1.25. The van der Waals surface area contributed by atoms with E-state index in [1.807, 2.05) is 0 Å². The molecule has 2 aromatic rings. The molecule has 1 N–H and O–H groups in total. The summed E-state index contributed by atoms with van der Waals surface area (Å²) in [6.45, 7) is 6.67. The molecule has 0 aliphatic heterocycles. The van der Waals surface area contributed by atoms with Gasteiger partial charge in [0, 0.05) is 5.69 Å². The van der Waals surface area contributed by atoms with Crippen LogP contribution in [-0.2, 0) is 14.8 Å². The van der Waals surface area contributed by atoms with E-state index in [4.69, 9.17) is 4.74 Å². The molecule has 0 amide bonds. The van der Waals surface area contributed by atoms with Crippen molar-refractivity contribution in [1.82, 2.24) is 0 Å². The lowest BCUT2D eigenvalue weighted by Crippen LogP contribution is -2.24. The van der Waals surface area contributed by atoms with E-state index in [1.54, 1.807) is 27.7 Å². The Bertz CT molecular complexity index is 978. The molecule has 0 aromatic heterocycles. The zero-order valence-electron chi connectivity index (χ0n) is 15.4. The maximum atomic E-state index is 12.7. The summed E-state index contributed by atoms with van der Waals surface area (Å²) in [7, 11) is -4.03. The average Bonchev–Trinajstić information content (AvgIpc) is 2.56. The number of carboxylic acids is 1. The van der Waals surface area contributed by atoms with Crippen LogP contribution in [0.5, 0.6) is 0 Å². The highest BCUT2D eigenvalue weighted by Crippen LogP contribution is 2.24. The van der Waals surface area contributed by atoms with Crippen LogP contribution in [0.25, 0.3) is 0 Å². The quantitative estimate of drug-likeness (QED) is 0.755. The molecule has 8 heteroatoms. The molecule has 0 bridgehead atoms. The van der Waals surface area contributed by atoms with Gasteiger partial charge in [-0.3, -0.25) is 4.72 Å². The van der Waals surface area contributed by atoms with Crippen LogP contribution in [0.3, 0.4) is 0 Å². The van der Waals surface area contributed by atoms with Gasteiger partial charge in [-0.15, -0.1) is 0 Å². The van der Waals surface area contributed by atoms with E-state index in [-0.39, 0.29) is 27.8 Å². The number of nitrogens with one attached hydrogen (secondary N) is 1. The number of rotatable bonds is 6. The lowest BCUT2D eigenvalue weighted by atomic mass is 10.1. The Morgan fingerprint density at radius 1 is 1.04 bits per heavy atom. The van der Waals surface area contributed by atoms with Gasteiger partial charge in [0.25, 0.3) is 10.0 Å². The van der Waals surface area contributed by atoms with Gasteiger partial charge in [-0.1, -0.05) is 0 Å². The molecule has 2 aromatic carbocycles. The summed E-state index contributed by atoms with van der Waals surface area (Å²) >= 11 is 0. The summed E-state index contributed by atoms with van der Waals surface area (Å²) in [5.74, 6) is -1.96. The minimum absolute atomic E-state index is 0.148. The molecular formula is C19H20NO6S-. The number of ether oxygens (including phenoxy) is 1. The van der Waals surface area contributed by atoms with Crippen molar-refractivity contribution in [2.75, 3.05) is 4.72 Å². The molecule has 0 spiro atoms. The number of sulfonamides is 1. The van der Waals surface area contributed by atoms with Gasteiger partial charge in [0.1, 0.15) is 0 Å². The fourth-order valence-corrected chi connectivity index (χ4v) is 3.79. The van der Waals surface area contributed by atoms with Crippen molar-refractivity contribution in [1.29, 1.82) is 0 Å². The Morgan fingerprint density at radius 3 is 2.15 bits per heavy atom. The van der Waals surface area contributed by atoms with Gasteiger partial charge >= 0.3 is 5.97 Å². The molecule has 0 fully saturated rings. The Morgan fingerprint density at radius 2 is 1.63 bits per heavy atom.